The highest BCUT2D eigenvalue weighted by Gasteiger charge is 2.35. The smallest absolute Gasteiger partial charge is 0.293 e. The first-order valence-electron chi connectivity index (χ1n) is 8.77. The third-order valence-corrected chi connectivity index (χ3v) is 5.86. The molecule has 3 aromatic rings. The third-order valence-electron chi connectivity index (χ3n) is 4.39. The van der Waals surface area contributed by atoms with Crippen LogP contribution in [0.15, 0.2) is 63.9 Å². The van der Waals surface area contributed by atoms with E-state index < -0.39 is 0 Å². The number of benzene rings is 2. The number of thioether (sulfide) groups is 1. The van der Waals surface area contributed by atoms with Gasteiger partial charge in [-0.1, -0.05) is 53.0 Å². The molecule has 0 atom stereocenters. The van der Waals surface area contributed by atoms with Gasteiger partial charge in [0, 0.05) is 16.7 Å². The van der Waals surface area contributed by atoms with Crippen LogP contribution < -0.4 is 0 Å². The molecule has 0 N–H and O–H groups in total. The molecule has 4 nitrogen and oxygen atoms in total. The van der Waals surface area contributed by atoms with Gasteiger partial charge in [-0.2, -0.15) is 0 Å². The molecule has 0 unspecified atom stereocenters. The van der Waals surface area contributed by atoms with Crippen LogP contribution in [0.2, 0.25) is 10.0 Å². The van der Waals surface area contributed by atoms with Crippen molar-refractivity contribution in [1.82, 2.24) is 4.90 Å². The van der Waals surface area contributed by atoms with Crippen molar-refractivity contribution in [3.8, 4) is 11.3 Å². The molecule has 0 aliphatic carbocycles. The number of rotatable bonds is 4. The highest BCUT2D eigenvalue weighted by atomic mass is 35.5. The third kappa shape index (κ3) is 4.27. The summed E-state index contributed by atoms with van der Waals surface area (Å²) in [6.45, 7) is 2.21. The van der Waals surface area contributed by atoms with Crippen LogP contribution in [0.25, 0.3) is 17.4 Å². The van der Waals surface area contributed by atoms with Crippen LogP contribution in [0.3, 0.4) is 0 Å². The van der Waals surface area contributed by atoms with Crippen molar-refractivity contribution in [2.24, 2.45) is 0 Å². The normalized spacial score (nSPS) is 15.6. The second kappa shape index (κ2) is 8.11. The average Bonchev–Trinajstić information content (AvgIpc) is 3.24. The fraction of sp³-hybridized carbons (Fsp3) is 0.0909. The van der Waals surface area contributed by atoms with E-state index in [1.807, 2.05) is 31.2 Å². The molecule has 0 spiro atoms. The summed E-state index contributed by atoms with van der Waals surface area (Å²) in [5.74, 6) is 0.653. The summed E-state index contributed by atoms with van der Waals surface area (Å²) in [6, 6.07) is 16.3. The summed E-state index contributed by atoms with van der Waals surface area (Å²) in [5.41, 5.74) is 2.64. The van der Waals surface area contributed by atoms with Crippen LogP contribution in [0.1, 0.15) is 16.9 Å². The summed E-state index contributed by atoms with van der Waals surface area (Å²) < 4.78 is 5.81. The first-order valence-corrected chi connectivity index (χ1v) is 10.3. The van der Waals surface area contributed by atoms with Gasteiger partial charge in [-0.25, -0.2) is 0 Å². The lowest BCUT2D eigenvalue weighted by molar-refractivity contribution is -0.123. The van der Waals surface area contributed by atoms with Gasteiger partial charge in [0.15, 0.2) is 0 Å². The second-order valence-corrected chi connectivity index (χ2v) is 8.42. The van der Waals surface area contributed by atoms with E-state index in [4.69, 9.17) is 27.6 Å². The topological polar surface area (TPSA) is 50.5 Å². The molecule has 0 bridgehead atoms. The molecule has 1 aromatic heterocycles. The second-order valence-electron chi connectivity index (χ2n) is 6.58. The SMILES string of the molecule is Cc1cccc(CN2C(=O)S/C(=C/c3ccc(-c4cc(Cl)ccc4Cl)o3)C2=O)c1. The number of aryl methyl sites for hydroxylation is 1. The number of nitrogens with zero attached hydrogens (tertiary/aromatic N) is 1. The van der Waals surface area contributed by atoms with Crippen LogP contribution in [-0.4, -0.2) is 16.0 Å². The predicted molar refractivity (Wildman–Crippen MR) is 117 cm³/mol. The van der Waals surface area contributed by atoms with Gasteiger partial charge in [-0.15, -0.1) is 0 Å². The van der Waals surface area contributed by atoms with E-state index in [1.54, 1.807) is 36.4 Å². The number of carbonyl (C=O) groups excluding carboxylic acids is 2. The molecule has 4 rings (SSSR count). The van der Waals surface area contributed by atoms with Crippen LogP contribution in [-0.2, 0) is 11.3 Å². The molecular formula is C22H15Cl2NO3S. The fourth-order valence-corrected chi connectivity index (χ4v) is 4.22. The van der Waals surface area contributed by atoms with Crippen molar-refractivity contribution in [3.63, 3.8) is 0 Å². The molecule has 1 saturated heterocycles. The first kappa shape index (κ1) is 19.8. The average molecular weight is 444 g/mol. The van der Waals surface area contributed by atoms with Crippen molar-refractivity contribution in [2.45, 2.75) is 13.5 Å². The standard InChI is InChI=1S/C22H15Cl2NO3S/c1-13-3-2-4-14(9-13)12-25-21(26)20(29-22(25)27)11-16-6-8-19(28-16)17-10-15(23)5-7-18(17)24/h2-11H,12H2,1H3/b20-11+. The predicted octanol–water partition coefficient (Wildman–Crippen LogP) is 6.80. The monoisotopic (exact) mass is 443 g/mol. The minimum absolute atomic E-state index is 0.241. The van der Waals surface area contributed by atoms with Crippen molar-refractivity contribution in [3.05, 3.63) is 86.4 Å². The van der Waals surface area contributed by atoms with Gasteiger partial charge in [0.25, 0.3) is 11.1 Å². The summed E-state index contributed by atoms with van der Waals surface area (Å²) in [7, 11) is 0. The quantitative estimate of drug-likeness (QED) is 0.416. The van der Waals surface area contributed by atoms with Gasteiger partial charge < -0.3 is 4.42 Å². The lowest BCUT2D eigenvalue weighted by Gasteiger charge is -2.12. The zero-order valence-corrected chi connectivity index (χ0v) is 17.6. The molecular weight excluding hydrogens is 429 g/mol. The molecule has 2 amide bonds. The number of furan rings is 1. The molecule has 29 heavy (non-hydrogen) atoms. The van der Waals surface area contributed by atoms with Crippen molar-refractivity contribution < 1.29 is 14.0 Å². The minimum Gasteiger partial charge on any atom is -0.457 e. The van der Waals surface area contributed by atoms with E-state index >= 15 is 0 Å². The van der Waals surface area contributed by atoms with Gasteiger partial charge >= 0.3 is 0 Å². The lowest BCUT2D eigenvalue weighted by Crippen LogP contribution is -2.27. The van der Waals surface area contributed by atoms with E-state index in [1.165, 1.54) is 4.90 Å². The molecule has 0 saturated carbocycles. The Morgan fingerprint density at radius 2 is 1.90 bits per heavy atom. The fourth-order valence-electron chi connectivity index (χ4n) is 3.02. The Labute approximate surface area is 182 Å². The lowest BCUT2D eigenvalue weighted by atomic mass is 10.1. The Balaban J connectivity index is 1.56. The molecule has 7 heteroatoms. The largest absolute Gasteiger partial charge is 0.457 e. The van der Waals surface area contributed by atoms with E-state index in [9.17, 15) is 9.59 Å². The number of amides is 2. The van der Waals surface area contributed by atoms with Gasteiger partial charge in [0.05, 0.1) is 16.5 Å². The van der Waals surface area contributed by atoms with Gasteiger partial charge in [0.1, 0.15) is 11.5 Å². The molecule has 1 aliphatic heterocycles. The maximum Gasteiger partial charge on any atom is 0.293 e. The zero-order valence-electron chi connectivity index (χ0n) is 15.3. The molecule has 146 valence electrons. The maximum absolute atomic E-state index is 12.7. The van der Waals surface area contributed by atoms with Crippen LogP contribution >= 0.6 is 35.0 Å². The van der Waals surface area contributed by atoms with E-state index in [0.29, 0.717) is 32.0 Å². The van der Waals surface area contributed by atoms with E-state index in [-0.39, 0.29) is 17.7 Å². The molecule has 1 aliphatic rings. The van der Waals surface area contributed by atoms with Gasteiger partial charge in [-0.05, 0) is 54.6 Å². The molecule has 2 aromatic carbocycles. The maximum atomic E-state index is 12.7. The van der Waals surface area contributed by atoms with Crippen LogP contribution in [0.5, 0.6) is 0 Å². The van der Waals surface area contributed by atoms with Crippen molar-refractivity contribution >= 4 is 52.2 Å². The van der Waals surface area contributed by atoms with Gasteiger partial charge in [-0.3, -0.25) is 14.5 Å². The van der Waals surface area contributed by atoms with Crippen LogP contribution in [0.4, 0.5) is 4.79 Å². The summed E-state index contributed by atoms with van der Waals surface area (Å²) in [5, 5.41) is 0.751. The Hall–Kier alpha value is -2.47. The Morgan fingerprint density at radius 1 is 1.07 bits per heavy atom. The molecule has 2 heterocycles. The van der Waals surface area contributed by atoms with Crippen molar-refractivity contribution in [2.75, 3.05) is 0 Å². The minimum atomic E-state index is -0.333. The summed E-state index contributed by atoms with van der Waals surface area (Å²) >= 11 is 13.2. The zero-order chi connectivity index (χ0) is 20.5. The van der Waals surface area contributed by atoms with E-state index in [2.05, 4.69) is 0 Å². The Bertz CT molecular complexity index is 1150. The number of hydrogen-bond donors (Lipinski definition) is 0. The number of imide groups is 1. The van der Waals surface area contributed by atoms with Crippen LogP contribution in [0, 0.1) is 6.92 Å². The number of carbonyl (C=O) groups is 2. The van der Waals surface area contributed by atoms with Gasteiger partial charge in [0.2, 0.25) is 0 Å². The highest BCUT2D eigenvalue weighted by molar-refractivity contribution is 8.18. The highest BCUT2D eigenvalue weighted by Crippen LogP contribution is 2.36. The molecule has 1 fully saturated rings. The summed E-state index contributed by atoms with van der Waals surface area (Å²) in [4.78, 5) is 26.6. The number of hydrogen-bond acceptors (Lipinski definition) is 4. The number of halogens is 2. The van der Waals surface area contributed by atoms with Crippen molar-refractivity contribution in [1.29, 1.82) is 0 Å². The summed E-state index contributed by atoms with van der Waals surface area (Å²) in [6.07, 6.45) is 1.57. The Kier molecular flexibility index (Phi) is 5.54. The first-order chi connectivity index (χ1) is 13.9. The Morgan fingerprint density at radius 3 is 2.69 bits per heavy atom. The van der Waals surface area contributed by atoms with E-state index in [0.717, 1.165) is 22.9 Å². The molecule has 0 radical (unpaired) electrons.